The molecule has 2 nitrogen and oxygen atoms in total. The number of unbranched alkanes of at least 4 members (excludes halogenated alkanes) is 2. The van der Waals surface area contributed by atoms with Crippen molar-refractivity contribution in [3.8, 4) is 0 Å². The summed E-state index contributed by atoms with van der Waals surface area (Å²) in [6.07, 6.45) is 3.24. The minimum absolute atomic E-state index is 0.181. The van der Waals surface area contributed by atoms with Crippen LogP contribution in [-0.4, -0.2) is 12.6 Å². The second-order valence-electron chi connectivity index (χ2n) is 3.25. The van der Waals surface area contributed by atoms with E-state index in [2.05, 4.69) is 6.92 Å². The summed E-state index contributed by atoms with van der Waals surface area (Å²) >= 11 is 1.49. The minimum Gasteiger partial charge on any atom is -0.462 e. The highest BCUT2D eigenvalue weighted by atomic mass is 32.1. The van der Waals surface area contributed by atoms with Crippen LogP contribution in [0.15, 0.2) is 12.1 Å². The monoisotopic (exact) mass is 212 g/mol. The fourth-order valence-corrected chi connectivity index (χ4v) is 1.89. The number of rotatable bonds is 5. The van der Waals surface area contributed by atoms with E-state index in [4.69, 9.17) is 4.74 Å². The van der Waals surface area contributed by atoms with Gasteiger partial charge in [0.15, 0.2) is 0 Å². The topological polar surface area (TPSA) is 26.3 Å². The van der Waals surface area contributed by atoms with E-state index in [1.54, 1.807) is 0 Å². The van der Waals surface area contributed by atoms with Gasteiger partial charge in [0.1, 0.15) is 4.88 Å². The predicted molar refractivity (Wildman–Crippen MR) is 58.9 cm³/mol. The van der Waals surface area contributed by atoms with Crippen molar-refractivity contribution < 1.29 is 9.53 Å². The fraction of sp³-hybridized carbons (Fsp3) is 0.545. The van der Waals surface area contributed by atoms with Crippen LogP contribution in [0.4, 0.5) is 0 Å². The third-order valence-electron chi connectivity index (χ3n) is 1.92. The molecule has 1 aromatic rings. The molecular weight excluding hydrogens is 196 g/mol. The Morgan fingerprint density at radius 2 is 2.21 bits per heavy atom. The van der Waals surface area contributed by atoms with E-state index in [1.807, 2.05) is 19.1 Å². The number of carbonyl (C=O) groups is 1. The van der Waals surface area contributed by atoms with Crippen LogP contribution in [0.5, 0.6) is 0 Å². The van der Waals surface area contributed by atoms with E-state index >= 15 is 0 Å². The van der Waals surface area contributed by atoms with Crippen LogP contribution in [0, 0.1) is 6.92 Å². The molecule has 0 aliphatic rings. The second-order valence-corrected chi connectivity index (χ2v) is 4.54. The van der Waals surface area contributed by atoms with E-state index < -0.39 is 0 Å². The average Bonchev–Trinajstić information content (AvgIpc) is 2.59. The van der Waals surface area contributed by atoms with E-state index in [-0.39, 0.29) is 5.97 Å². The Labute approximate surface area is 88.9 Å². The molecule has 0 N–H and O–H groups in total. The van der Waals surface area contributed by atoms with Gasteiger partial charge in [-0.15, -0.1) is 11.3 Å². The van der Waals surface area contributed by atoms with Gasteiger partial charge in [-0.2, -0.15) is 0 Å². The van der Waals surface area contributed by atoms with Crippen LogP contribution in [-0.2, 0) is 4.74 Å². The Balaban J connectivity index is 2.29. The Hall–Kier alpha value is -0.830. The third-order valence-corrected chi connectivity index (χ3v) is 2.90. The van der Waals surface area contributed by atoms with Gasteiger partial charge in [-0.25, -0.2) is 4.79 Å². The summed E-state index contributed by atoms with van der Waals surface area (Å²) in [4.78, 5) is 13.3. The van der Waals surface area contributed by atoms with Gasteiger partial charge in [-0.1, -0.05) is 19.8 Å². The van der Waals surface area contributed by atoms with Crippen LogP contribution >= 0.6 is 11.3 Å². The van der Waals surface area contributed by atoms with Gasteiger partial charge in [0.2, 0.25) is 0 Å². The molecule has 3 heteroatoms. The molecule has 1 heterocycles. The molecule has 0 aliphatic heterocycles. The zero-order valence-electron chi connectivity index (χ0n) is 8.71. The molecule has 0 aliphatic carbocycles. The lowest BCUT2D eigenvalue weighted by molar-refractivity contribution is 0.0504. The molecule has 14 heavy (non-hydrogen) atoms. The maximum absolute atomic E-state index is 11.4. The van der Waals surface area contributed by atoms with Crippen molar-refractivity contribution in [2.24, 2.45) is 0 Å². The normalized spacial score (nSPS) is 10.1. The smallest absolute Gasteiger partial charge is 0.348 e. The number of carbonyl (C=O) groups excluding carboxylic acids is 1. The molecule has 0 atom stereocenters. The molecule has 0 fully saturated rings. The number of hydrogen-bond acceptors (Lipinski definition) is 3. The molecule has 0 amide bonds. The van der Waals surface area contributed by atoms with Crippen molar-refractivity contribution in [3.63, 3.8) is 0 Å². The molecule has 0 aromatic carbocycles. The quantitative estimate of drug-likeness (QED) is 0.552. The number of thiophene rings is 1. The zero-order chi connectivity index (χ0) is 10.4. The second kappa shape index (κ2) is 5.81. The maximum Gasteiger partial charge on any atom is 0.348 e. The van der Waals surface area contributed by atoms with Crippen molar-refractivity contribution >= 4 is 17.3 Å². The summed E-state index contributed by atoms with van der Waals surface area (Å²) in [6.45, 7) is 4.66. The van der Waals surface area contributed by atoms with Crippen molar-refractivity contribution in [2.45, 2.75) is 33.1 Å². The molecule has 78 valence electrons. The summed E-state index contributed by atoms with van der Waals surface area (Å²) in [5.74, 6) is -0.181. The van der Waals surface area contributed by atoms with E-state index in [1.165, 1.54) is 11.3 Å². The number of ether oxygens (including phenoxy) is 1. The molecule has 0 saturated carbocycles. The Morgan fingerprint density at radius 3 is 2.79 bits per heavy atom. The summed E-state index contributed by atoms with van der Waals surface area (Å²) in [5, 5.41) is 0. The largest absolute Gasteiger partial charge is 0.462 e. The van der Waals surface area contributed by atoms with E-state index in [0.717, 1.165) is 24.1 Å². The highest BCUT2D eigenvalue weighted by molar-refractivity contribution is 7.13. The van der Waals surface area contributed by atoms with Gasteiger partial charge in [0.25, 0.3) is 0 Å². The summed E-state index contributed by atoms with van der Waals surface area (Å²) in [7, 11) is 0. The lowest BCUT2D eigenvalue weighted by Crippen LogP contribution is -2.04. The highest BCUT2D eigenvalue weighted by Gasteiger charge is 2.08. The zero-order valence-corrected chi connectivity index (χ0v) is 9.52. The van der Waals surface area contributed by atoms with Crippen LogP contribution in [0.1, 0.15) is 40.7 Å². The van der Waals surface area contributed by atoms with Crippen LogP contribution < -0.4 is 0 Å². The number of aryl methyl sites for hydroxylation is 1. The molecular formula is C11H16O2S. The molecule has 0 unspecified atom stereocenters. The standard InChI is InChI=1S/C11H16O2S/c1-3-4-5-8-13-11(12)10-7-6-9(2)14-10/h6-7H,3-5,8H2,1-2H3. The first-order chi connectivity index (χ1) is 6.74. The first-order valence-electron chi connectivity index (χ1n) is 4.97. The van der Waals surface area contributed by atoms with Crippen LogP contribution in [0.3, 0.4) is 0 Å². The number of esters is 1. The Kier molecular flexibility index (Phi) is 4.66. The molecule has 0 spiro atoms. The lowest BCUT2D eigenvalue weighted by Gasteiger charge is -2.01. The molecule has 0 radical (unpaired) electrons. The molecule has 1 aromatic heterocycles. The Morgan fingerprint density at radius 1 is 1.43 bits per heavy atom. The molecule has 0 saturated heterocycles. The molecule has 0 bridgehead atoms. The highest BCUT2D eigenvalue weighted by Crippen LogP contribution is 2.16. The van der Waals surface area contributed by atoms with Crippen LogP contribution in [0.2, 0.25) is 0 Å². The van der Waals surface area contributed by atoms with Gasteiger partial charge < -0.3 is 4.74 Å². The van der Waals surface area contributed by atoms with Gasteiger partial charge in [-0.05, 0) is 25.5 Å². The lowest BCUT2D eigenvalue weighted by atomic mass is 10.3. The SMILES string of the molecule is CCCCCOC(=O)c1ccc(C)s1. The Bertz CT molecular complexity index is 291. The van der Waals surface area contributed by atoms with Gasteiger partial charge in [0, 0.05) is 4.88 Å². The third kappa shape index (κ3) is 3.50. The van der Waals surface area contributed by atoms with Gasteiger partial charge >= 0.3 is 5.97 Å². The van der Waals surface area contributed by atoms with Gasteiger partial charge in [-0.3, -0.25) is 0 Å². The van der Waals surface area contributed by atoms with Crippen molar-refractivity contribution in [1.29, 1.82) is 0 Å². The first kappa shape index (κ1) is 11.2. The summed E-state index contributed by atoms with van der Waals surface area (Å²) in [6, 6.07) is 3.76. The van der Waals surface area contributed by atoms with Crippen molar-refractivity contribution in [1.82, 2.24) is 0 Å². The van der Waals surface area contributed by atoms with Crippen LogP contribution in [0.25, 0.3) is 0 Å². The average molecular weight is 212 g/mol. The predicted octanol–water partition coefficient (Wildman–Crippen LogP) is 3.40. The first-order valence-corrected chi connectivity index (χ1v) is 5.79. The van der Waals surface area contributed by atoms with Crippen molar-refractivity contribution in [2.75, 3.05) is 6.61 Å². The fourth-order valence-electron chi connectivity index (χ4n) is 1.13. The van der Waals surface area contributed by atoms with Crippen molar-refractivity contribution in [3.05, 3.63) is 21.9 Å². The molecule has 1 rings (SSSR count). The minimum atomic E-state index is -0.181. The van der Waals surface area contributed by atoms with Gasteiger partial charge in [0.05, 0.1) is 6.61 Å². The van der Waals surface area contributed by atoms with E-state index in [0.29, 0.717) is 11.5 Å². The summed E-state index contributed by atoms with van der Waals surface area (Å²) < 4.78 is 5.11. The maximum atomic E-state index is 11.4. The number of hydrogen-bond donors (Lipinski definition) is 0. The summed E-state index contributed by atoms with van der Waals surface area (Å²) in [5.41, 5.74) is 0. The van der Waals surface area contributed by atoms with E-state index in [9.17, 15) is 4.79 Å².